The van der Waals surface area contributed by atoms with Crippen molar-refractivity contribution in [1.29, 1.82) is 0 Å². The third-order valence-corrected chi connectivity index (χ3v) is 4.90. The maximum atomic E-state index is 11.8. The Morgan fingerprint density at radius 3 is 3.00 bits per heavy atom. The minimum Gasteiger partial charge on any atom is -0.333 e. The Balaban J connectivity index is 1.76. The molecule has 0 aromatic carbocycles. The minimum absolute atomic E-state index is 0.00282. The molecule has 2 heterocycles. The molecule has 0 unspecified atom stereocenters. The highest BCUT2D eigenvalue weighted by Gasteiger charge is 2.13. The molecule has 0 aliphatic heterocycles. The van der Waals surface area contributed by atoms with Crippen LogP contribution in [0.25, 0.3) is 0 Å². The van der Waals surface area contributed by atoms with E-state index in [1.165, 1.54) is 15.9 Å². The summed E-state index contributed by atoms with van der Waals surface area (Å²) in [7, 11) is 0. The third-order valence-electron chi connectivity index (χ3n) is 3.05. The number of rotatable bonds is 8. The van der Waals surface area contributed by atoms with E-state index < -0.39 is 11.9 Å². The first-order valence-electron chi connectivity index (χ1n) is 7.48. The lowest BCUT2D eigenvalue weighted by atomic mass is 10.3. The van der Waals surface area contributed by atoms with Crippen LogP contribution in [0.3, 0.4) is 0 Å². The molecule has 0 radical (unpaired) electrons. The smallest absolute Gasteiger partial charge is 0.333 e. The molecule has 0 atom stereocenters. The second-order valence-electron chi connectivity index (χ2n) is 4.92. The van der Waals surface area contributed by atoms with Crippen molar-refractivity contribution in [2.45, 2.75) is 38.0 Å². The van der Waals surface area contributed by atoms with E-state index in [0.29, 0.717) is 18.2 Å². The molecular formula is C14H19N5O3S2. The fourth-order valence-electron chi connectivity index (χ4n) is 1.84. The van der Waals surface area contributed by atoms with Crippen molar-refractivity contribution in [3.63, 3.8) is 0 Å². The quantitative estimate of drug-likeness (QED) is 0.612. The second kappa shape index (κ2) is 9.28. The van der Waals surface area contributed by atoms with Gasteiger partial charge in [0.05, 0.1) is 12.3 Å². The number of nitrogens with zero attached hydrogens (tertiary/aromatic N) is 2. The van der Waals surface area contributed by atoms with Gasteiger partial charge in [0.1, 0.15) is 0 Å². The number of thioether (sulfide) groups is 1. The van der Waals surface area contributed by atoms with Crippen LogP contribution in [0.15, 0.2) is 27.5 Å². The average Bonchev–Trinajstić information content (AvgIpc) is 3.19. The molecule has 3 N–H and O–H groups in total. The van der Waals surface area contributed by atoms with Crippen molar-refractivity contribution in [1.82, 2.24) is 25.4 Å². The van der Waals surface area contributed by atoms with E-state index in [1.54, 1.807) is 0 Å². The standard InChI is InChI=1S/C14H19N5O3S2/c1-2-3-6-19-13(22)17-18-14(19)24-9-11(20)16-12(21)15-8-10-5-4-7-23-10/h4-5,7H,2-3,6,8-9H2,1H3,(H,17,22)(H2,15,16,20,21). The van der Waals surface area contributed by atoms with Crippen molar-refractivity contribution in [3.8, 4) is 0 Å². The molecule has 0 saturated carbocycles. The van der Waals surface area contributed by atoms with Crippen molar-refractivity contribution in [2.75, 3.05) is 5.75 Å². The summed E-state index contributed by atoms with van der Waals surface area (Å²) in [6, 6.07) is 3.25. The Morgan fingerprint density at radius 1 is 1.46 bits per heavy atom. The molecule has 0 bridgehead atoms. The summed E-state index contributed by atoms with van der Waals surface area (Å²) in [6.45, 7) is 2.96. The Morgan fingerprint density at radius 2 is 2.29 bits per heavy atom. The maximum absolute atomic E-state index is 11.8. The number of aromatic nitrogens is 3. The molecule has 10 heteroatoms. The Labute approximate surface area is 147 Å². The molecule has 0 aliphatic carbocycles. The summed E-state index contributed by atoms with van der Waals surface area (Å²) in [4.78, 5) is 36.1. The highest BCUT2D eigenvalue weighted by molar-refractivity contribution is 7.99. The van der Waals surface area contributed by atoms with E-state index in [4.69, 9.17) is 0 Å². The Bertz CT molecular complexity index is 723. The number of thiophene rings is 1. The molecule has 2 rings (SSSR count). The van der Waals surface area contributed by atoms with Crippen LogP contribution in [-0.2, 0) is 17.9 Å². The number of aromatic amines is 1. The summed E-state index contributed by atoms with van der Waals surface area (Å²) in [5.74, 6) is -0.441. The molecule has 24 heavy (non-hydrogen) atoms. The van der Waals surface area contributed by atoms with Gasteiger partial charge in [0, 0.05) is 11.4 Å². The zero-order valence-electron chi connectivity index (χ0n) is 13.2. The van der Waals surface area contributed by atoms with Gasteiger partial charge in [-0.25, -0.2) is 14.7 Å². The highest BCUT2D eigenvalue weighted by Crippen LogP contribution is 2.13. The topological polar surface area (TPSA) is 109 Å². The van der Waals surface area contributed by atoms with Gasteiger partial charge in [-0.05, 0) is 17.9 Å². The van der Waals surface area contributed by atoms with E-state index in [-0.39, 0.29) is 11.4 Å². The average molecular weight is 369 g/mol. The minimum atomic E-state index is -0.542. The lowest BCUT2D eigenvalue weighted by molar-refractivity contribution is -0.117. The molecule has 0 saturated heterocycles. The SMILES string of the molecule is CCCCn1c(SCC(=O)NC(=O)NCc2cccs2)n[nH]c1=O. The summed E-state index contributed by atoms with van der Waals surface area (Å²) in [5.41, 5.74) is -0.292. The molecule has 8 nitrogen and oxygen atoms in total. The first-order chi connectivity index (χ1) is 11.6. The first kappa shape index (κ1) is 18.3. The van der Waals surface area contributed by atoms with Crippen LogP contribution < -0.4 is 16.3 Å². The number of amides is 3. The lowest BCUT2D eigenvalue weighted by Gasteiger charge is -2.06. The van der Waals surface area contributed by atoms with Gasteiger partial charge in [0.15, 0.2) is 5.16 Å². The van der Waals surface area contributed by atoms with Crippen LogP contribution in [-0.4, -0.2) is 32.5 Å². The van der Waals surface area contributed by atoms with Gasteiger partial charge in [-0.3, -0.25) is 14.7 Å². The van der Waals surface area contributed by atoms with Crippen LogP contribution in [0.5, 0.6) is 0 Å². The monoisotopic (exact) mass is 369 g/mol. The van der Waals surface area contributed by atoms with Crippen molar-refractivity contribution < 1.29 is 9.59 Å². The first-order valence-corrected chi connectivity index (χ1v) is 9.34. The second-order valence-corrected chi connectivity index (χ2v) is 6.89. The van der Waals surface area contributed by atoms with Crippen molar-refractivity contribution in [2.24, 2.45) is 0 Å². The number of unbranched alkanes of at least 4 members (excludes halogenated alkanes) is 1. The number of H-pyrrole nitrogens is 1. The largest absolute Gasteiger partial charge is 0.343 e. The van der Waals surface area contributed by atoms with Gasteiger partial charge in [-0.1, -0.05) is 31.2 Å². The normalized spacial score (nSPS) is 10.5. The van der Waals surface area contributed by atoms with E-state index in [0.717, 1.165) is 29.5 Å². The molecule has 0 spiro atoms. The van der Waals surface area contributed by atoms with Crippen LogP contribution in [0, 0.1) is 0 Å². The van der Waals surface area contributed by atoms with E-state index >= 15 is 0 Å². The fraction of sp³-hybridized carbons (Fsp3) is 0.429. The van der Waals surface area contributed by atoms with E-state index in [2.05, 4.69) is 20.8 Å². The van der Waals surface area contributed by atoms with Gasteiger partial charge in [0.25, 0.3) is 0 Å². The Hall–Kier alpha value is -2.07. The number of urea groups is 1. The number of imide groups is 1. The molecule has 0 fully saturated rings. The van der Waals surface area contributed by atoms with E-state index in [9.17, 15) is 14.4 Å². The third kappa shape index (κ3) is 5.53. The van der Waals surface area contributed by atoms with Crippen LogP contribution in [0.1, 0.15) is 24.6 Å². The predicted octanol–water partition coefficient (Wildman–Crippen LogP) is 1.55. The fourth-order valence-corrected chi connectivity index (χ4v) is 3.26. The Kier molecular flexibility index (Phi) is 7.07. The van der Waals surface area contributed by atoms with Crippen LogP contribution in [0.4, 0.5) is 4.79 Å². The summed E-state index contributed by atoms with van der Waals surface area (Å²) in [5, 5.41) is 13.5. The van der Waals surface area contributed by atoms with Crippen LogP contribution in [0.2, 0.25) is 0 Å². The van der Waals surface area contributed by atoms with Crippen molar-refractivity contribution in [3.05, 3.63) is 32.9 Å². The van der Waals surface area contributed by atoms with Crippen LogP contribution >= 0.6 is 23.1 Å². The predicted molar refractivity (Wildman–Crippen MR) is 93.2 cm³/mol. The number of carbonyl (C=O) groups excluding carboxylic acids is 2. The molecule has 130 valence electrons. The summed E-state index contributed by atoms with van der Waals surface area (Å²) < 4.78 is 1.50. The molecule has 0 aliphatic rings. The zero-order chi connectivity index (χ0) is 17.4. The summed E-state index contributed by atoms with van der Waals surface area (Å²) in [6.07, 6.45) is 1.80. The molecular weight excluding hydrogens is 350 g/mol. The number of hydrogen-bond donors (Lipinski definition) is 3. The number of carbonyl (C=O) groups is 2. The molecule has 2 aromatic rings. The number of hydrogen-bond acceptors (Lipinski definition) is 6. The maximum Gasteiger partial charge on any atom is 0.343 e. The van der Waals surface area contributed by atoms with Crippen molar-refractivity contribution >= 4 is 35.0 Å². The zero-order valence-corrected chi connectivity index (χ0v) is 14.8. The van der Waals surface area contributed by atoms with Gasteiger partial charge in [-0.2, -0.15) is 0 Å². The van der Waals surface area contributed by atoms with Gasteiger partial charge < -0.3 is 5.32 Å². The lowest BCUT2D eigenvalue weighted by Crippen LogP contribution is -2.39. The number of nitrogens with one attached hydrogen (secondary N) is 3. The highest BCUT2D eigenvalue weighted by atomic mass is 32.2. The summed E-state index contributed by atoms with van der Waals surface area (Å²) >= 11 is 2.64. The van der Waals surface area contributed by atoms with Gasteiger partial charge in [-0.15, -0.1) is 16.4 Å². The van der Waals surface area contributed by atoms with Gasteiger partial charge >= 0.3 is 11.7 Å². The van der Waals surface area contributed by atoms with Gasteiger partial charge in [0.2, 0.25) is 5.91 Å². The molecule has 3 amide bonds. The van der Waals surface area contributed by atoms with E-state index in [1.807, 2.05) is 24.4 Å². The molecule has 2 aromatic heterocycles.